The number of hydrogen-bond acceptors (Lipinski definition) is 6. The molecule has 88 valence electrons. The molecule has 2 aliphatic heterocycles. The minimum atomic E-state index is -1.06. The summed E-state index contributed by atoms with van der Waals surface area (Å²) in [5.41, 5.74) is 2.11. The lowest BCUT2D eigenvalue weighted by atomic mass is 10.00. The van der Waals surface area contributed by atoms with Gasteiger partial charge >= 0.3 is 12.3 Å². The van der Waals surface area contributed by atoms with Gasteiger partial charge in [-0.15, -0.1) is 0 Å². The molecule has 3 rings (SSSR count). The second kappa shape index (κ2) is 3.74. The number of ether oxygens (including phenoxy) is 2. The van der Waals surface area contributed by atoms with E-state index in [1.54, 1.807) is 0 Å². The molecule has 0 saturated carbocycles. The number of carbonyl (C=O) groups excluding carboxylic acids is 2. The molecule has 6 heteroatoms. The van der Waals surface area contributed by atoms with E-state index in [0.717, 1.165) is 11.1 Å². The summed E-state index contributed by atoms with van der Waals surface area (Å²) in [6, 6.07) is 7.71. The average molecular weight is 235 g/mol. The maximum Gasteiger partial charge on any atom is 0.538 e. The Morgan fingerprint density at radius 2 is 1.88 bits per heavy atom. The largest absolute Gasteiger partial charge is 0.538 e. The first-order chi connectivity index (χ1) is 8.22. The van der Waals surface area contributed by atoms with Crippen LogP contribution in [0.2, 0.25) is 0 Å². The molecule has 0 unspecified atom stereocenters. The van der Waals surface area contributed by atoms with Crippen LogP contribution >= 0.6 is 0 Å². The van der Waals surface area contributed by atoms with Crippen molar-refractivity contribution in [3.05, 3.63) is 35.4 Å². The van der Waals surface area contributed by atoms with Crippen LogP contribution in [0.5, 0.6) is 0 Å². The number of hydroxylamine groups is 2. The zero-order valence-electron chi connectivity index (χ0n) is 8.79. The number of hydrogen-bond donors (Lipinski definition) is 0. The van der Waals surface area contributed by atoms with E-state index in [2.05, 4.69) is 4.74 Å². The molecule has 1 aromatic rings. The van der Waals surface area contributed by atoms with Crippen LogP contribution < -0.4 is 0 Å². The molecule has 0 spiro atoms. The third kappa shape index (κ3) is 1.83. The summed E-state index contributed by atoms with van der Waals surface area (Å²) in [6.45, 7) is 0.378. The van der Waals surface area contributed by atoms with E-state index >= 15 is 0 Å². The van der Waals surface area contributed by atoms with E-state index in [4.69, 9.17) is 9.57 Å². The Bertz CT molecular complexity index is 444. The van der Waals surface area contributed by atoms with Crippen molar-refractivity contribution in [2.45, 2.75) is 19.2 Å². The second-order valence-corrected chi connectivity index (χ2v) is 3.81. The zero-order chi connectivity index (χ0) is 11.8. The van der Waals surface area contributed by atoms with Crippen molar-refractivity contribution in [2.75, 3.05) is 0 Å². The van der Waals surface area contributed by atoms with E-state index in [9.17, 15) is 9.59 Å². The van der Waals surface area contributed by atoms with Gasteiger partial charge in [0.15, 0.2) is 6.23 Å². The van der Waals surface area contributed by atoms with Crippen LogP contribution in [0, 0.1) is 0 Å². The van der Waals surface area contributed by atoms with Crippen molar-refractivity contribution < 1.29 is 23.9 Å². The highest BCUT2D eigenvalue weighted by Crippen LogP contribution is 2.26. The molecule has 0 amide bonds. The summed E-state index contributed by atoms with van der Waals surface area (Å²) in [4.78, 5) is 27.0. The van der Waals surface area contributed by atoms with Gasteiger partial charge in [0, 0.05) is 6.42 Å². The van der Waals surface area contributed by atoms with Crippen LogP contribution in [0.4, 0.5) is 9.59 Å². The van der Waals surface area contributed by atoms with Crippen LogP contribution in [-0.4, -0.2) is 23.6 Å². The summed E-state index contributed by atoms with van der Waals surface area (Å²) < 4.78 is 9.20. The fourth-order valence-electron chi connectivity index (χ4n) is 1.98. The molecule has 2 aliphatic rings. The smallest absolute Gasteiger partial charge is 0.411 e. The first-order valence-electron chi connectivity index (χ1n) is 5.16. The minimum absolute atomic E-state index is 0.378. The van der Waals surface area contributed by atoms with Crippen molar-refractivity contribution >= 4 is 12.3 Å². The Balaban J connectivity index is 1.91. The van der Waals surface area contributed by atoms with Crippen molar-refractivity contribution in [1.29, 1.82) is 0 Å². The van der Waals surface area contributed by atoms with Gasteiger partial charge < -0.3 is 14.3 Å². The Labute approximate surface area is 96.6 Å². The predicted molar refractivity (Wildman–Crippen MR) is 53.5 cm³/mol. The third-order valence-electron chi connectivity index (χ3n) is 2.75. The SMILES string of the molecule is O=C1OC(=O)ON2Cc3ccccc3C[C@@H]2O1. The molecule has 17 heavy (non-hydrogen) atoms. The van der Waals surface area contributed by atoms with Gasteiger partial charge in [-0.2, -0.15) is 0 Å². The van der Waals surface area contributed by atoms with E-state index in [1.165, 1.54) is 5.06 Å². The predicted octanol–water partition coefficient (Wildman–Crippen LogP) is 1.59. The fourth-order valence-corrected chi connectivity index (χ4v) is 1.98. The Hall–Kier alpha value is -2.08. The molecular formula is C11H9NO5. The topological polar surface area (TPSA) is 65.1 Å². The quantitative estimate of drug-likeness (QED) is 0.502. The van der Waals surface area contributed by atoms with Crippen LogP contribution in [0.3, 0.4) is 0 Å². The number of rotatable bonds is 0. The molecule has 0 radical (unpaired) electrons. The zero-order valence-corrected chi connectivity index (χ0v) is 8.79. The van der Waals surface area contributed by atoms with Crippen molar-refractivity contribution in [3.8, 4) is 0 Å². The number of carbonyl (C=O) groups is 2. The molecule has 6 nitrogen and oxygen atoms in total. The van der Waals surface area contributed by atoms with Gasteiger partial charge in [-0.25, -0.2) is 9.59 Å². The first-order valence-corrected chi connectivity index (χ1v) is 5.16. The van der Waals surface area contributed by atoms with Crippen LogP contribution in [0.25, 0.3) is 0 Å². The van der Waals surface area contributed by atoms with Gasteiger partial charge in [-0.1, -0.05) is 29.3 Å². The number of cyclic esters (lactones) is 2. The van der Waals surface area contributed by atoms with Crippen molar-refractivity contribution in [2.24, 2.45) is 0 Å². The first kappa shape index (κ1) is 10.1. The van der Waals surface area contributed by atoms with Crippen molar-refractivity contribution in [1.82, 2.24) is 5.06 Å². The number of benzene rings is 1. The standard InChI is InChI=1S/C11H9NO5/c13-10-15-9-5-7-3-1-2-4-8(7)6-12(9)17-11(14)16-10/h1-4,9H,5-6H2/t9-/m0/s1. The molecule has 1 saturated heterocycles. The van der Waals surface area contributed by atoms with Gasteiger partial charge in [-0.05, 0) is 11.1 Å². The Morgan fingerprint density at radius 3 is 2.71 bits per heavy atom. The molecule has 0 bridgehead atoms. The van der Waals surface area contributed by atoms with E-state index in [0.29, 0.717) is 13.0 Å². The van der Waals surface area contributed by atoms with Gasteiger partial charge in [0.2, 0.25) is 0 Å². The Kier molecular flexibility index (Phi) is 2.22. The van der Waals surface area contributed by atoms with Crippen LogP contribution in [-0.2, 0) is 27.3 Å². The molecule has 0 N–H and O–H groups in total. The number of fused-ring (bicyclic) bond motifs is 2. The van der Waals surface area contributed by atoms with Gasteiger partial charge in [-0.3, -0.25) is 0 Å². The van der Waals surface area contributed by atoms with E-state index in [1.807, 2.05) is 24.3 Å². The maximum absolute atomic E-state index is 11.1. The third-order valence-corrected chi connectivity index (χ3v) is 2.75. The molecule has 1 atom stereocenters. The van der Waals surface area contributed by atoms with Crippen LogP contribution in [0.15, 0.2) is 24.3 Å². The molecule has 1 fully saturated rings. The lowest BCUT2D eigenvalue weighted by Gasteiger charge is -2.30. The summed E-state index contributed by atoms with van der Waals surface area (Å²) in [5.74, 6) is 0. The molecule has 1 aromatic carbocycles. The van der Waals surface area contributed by atoms with Crippen molar-refractivity contribution in [3.63, 3.8) is 0 Å². The Morgan fingerprint density at radius 1 is 1.12 bits per heavy atom. The monoisotopic (exact) mass is 235 g/mol. The molecule has 0 aromatic heterocycles. The highest BCUT2D eigenvalue weighted by atomic mass is 16.9. The normalized spacial score (nSPS) is 23.6. The van der Waals surface area contributed by atoms with E-state index in [-0.39, 0.29) is 0 Å². The highest BCUT2D eigenvalue weighted by molar-refractivity contribution is 5.77. The summed E-state index contributed by atoms with van der Waals surface area (Å²) >= 11 is 0. The lowest BCUT2D eigenvalue weighted by Crippen LogP contribution is -2.41. The van der Waals surface area contributed by atoms with E-state index < -0.39 is 18.5 Å². The minimum Gasteiger partial charge on any atom is -0.411 e. The average Bonchev–Trinajstić information content (AvgIpc) is 2.42. The molecule has 2 heterocycles. The molecular weight excluding hydrogens is 226 g/mol. The summed E-state index contributed by atoms with van der Waals surface area (Å²) in [6.07, 6.45) is -2.24. The lowest BCUT2D eigenvalue weighted by molar-refractivity contribution is -0.196. The van der Waals surface area contributed by atoms with Crippen LogP contribution in [0.1, 0.15) is 11.1 Å². The molecule has 0 aliphatic carbocycles. The van der Waals surface area contributed by atoms with Gasteiger partial charge in [0.05, 0.1) is 6.54 Å². The van der Waals surface area contributed by atoms with Gasteiger partial charge in [0.25, 0.3) is 0 Å². The second-order valence-electron chi connectivity index (χ2n) is 3.81. The fraction of sp³-hybridized carbons (Fsp3) is 0.273. The maximum atomic E-state index is 11.1. The summed E-state index contributed by atoms with van der Waals surface area (Å²) in [7, 11) is 0. The van der Waals surface area contributed by atoms with Gasteiger partial charge in [0.1, 0.15) is 0 Å². The number of nitrogens with zero attached hydrogens (tertiary/aromatic N) is 1. The summed E-state index contributed by atoms with van der Waals surface area (Å²) in [5, 5.41) is 1.32. The highest BCUT2D eigenvalue weighted by Gasteiger charge is 2.36.